The number of hydrogen-bond donors (Lipinski definition) is 2. The van der Waals surface area contributed by atoms with Gasteiger partial charge in [0.2, 0.25) is 0 Å². The molecular formula is C14H11F5N2. The molecule has 0 aliphatic rings. The predicted molar refractivity (Wildman–Crippen MR) is 69.5 cm³/mol. The molecule has 0 saturated carbocycles. The van der Waals surface area contributed by atoms with Crippen molar-refractivity contribution in [3.8, 4) is 0 Å². The summed E-state index contributed by atoms with van der Waals surface area (Å²) in [7, 11) is 0. The normalized spacial score (nSPS) is 11.9. The molecule has 112 valence electrons. The molecule has 0 spiro atoms. The van der Waals surface area contributed by atoms with Crippen LogP contribution in [0.2, 0.25) is 0 Å². The largest absolute Gasteiger partial charge is 0.399 e. The lowest BCUT2D eigenvalue weighted by Crippen LogP contribution is -2.24. The van der Waals surface area contributed by atoms with E-state index in [9.17, 15) is 22.0 Å². The van der Waals surface area contributed by atoms with E-state index in [0.717, 1.165) is 36.4 Å². The first-order valence-electron chi connectivity index (χ1n) is 5.86. The minimum Gasteiger partial charge on any atom is -0.399 e. The van der Waals surface area contributed by atoms with Gasteiger partial charge in [0, 0.05) is 22.5 Å². The second kappa shape index (κ2) is 5.23. The minimum absolute atomic E-state index is 0.0186. The van der Waals surface area contributed by atoms with E-state index in [0.29, 0.717) is 0 Å². The van der Waals surface area contributed by atoms with E-state index in [1.54, 1.807) is 0 Å². The number of nitrogen functional groups attached to an aromatic ring is 2. The zero-order chi connectivity index (χ0) is 15.8. The van der Waals surface area contributed by atoms with E-state index in [4.69, 9.17) is 11.5 Å². The summed E-state index contributed by atoms with van der Waals surface area (Å²) in [6, 6.07) is 5.60. The summed E-state index contributed by atoms with van der Waals surface area (Å²) in [5.74, 6) is -4.72. The van der Waals surface area contributed by atoms with Crippen LogP contribution in [-0.4, -0.2) is 6.18 Å². The highest BCUT2D eigenvalue weighted by Crippen LogP contribution is 2.42. The Morgan fingerprint density at radius 2 is 1.14 bits per heavy atom. The maximum Gasteiger partial charge on any atom is 0.399 e. The highest BCUT2D eigenvalue weighted by atomic mass is 19.4. The molecule has 0 unspecified atom stereocenters. The molecule has 2 nitrogen and oxygen atoms in total. The average molecular weight is 302 g/mol. The predicted octanol–water partition coefficient (Wildman–Crippen LogP) is 3.82. The van der Waals surface area contributed by atoms with Crippen LogP contribution in [-0.2, 0) is 0 Å². The zero-order valence-electron chi connectivity index (χ0n) is 10.6. The Balaban J connectivity index is 2.64. The number of nitrogens with two attached hydrogens (primary N) is 2. The lowest BCUT2D eigenvalue weighted by atomic mass is 9.89. The SMILES string of the molecule is Nc1ccc(C(c2ccc(N)cc2F)C(F)(F)F)c(F)c1. The monoisotopic (exact) mass is 302 g/mol. The number of benzene rings is 2. The molecule has 0 atom stereocenters. The summed E-state index contributed by atoms with van der Waals surface area (Å²) in [5, 5.41) is 0. The smallest absolute Gasteiger partial charge is 0.399 e. The third-order valence-electron chi connectivity index (χ3n) is 3.00. The van der Waals surface area contributed by atoms with Crippen LogP contribution in [0.15, 0.2) is 36.4 Å². The van der Waals surface area contributed by atoms with Gasteiger partial charge in [-0.2, -0.15) is 13.2 Å². The fourth-order valence-corrected chi connectivity index (χ4v) is 2.08. The molecule has 0 aliphatic heterocycles. The quantitative estimate of drug-likeness (QED) is 0.654. The van der Waals surface area contributed by atoms with Crippen molar-refractivity contribution in [2.45, 2.75) is 12.1 Å². The van der Waals surface area contributed by atoms with Crippen molar-refractivity contribution in [3.63, 3.8) is 0 Å². The van der Waals surface area contributed by atoms with E-state index in [1.807, 2.05) is 0 Å². The van der Waals surface area contributed by atoms with Gasteiger partial charge in [-0.3, -0.25) is 0 Å². The van der Waals surface area contributed by atoms with Crippen LogP contribution in [0.4, 0.5) is 33.3 Å². The fourth-order valence-electron chi connectivity index (χ4n) is 2.08. The standard InChI is InChI=1S/C14H11F5N2/c15-11-5-7(20)1-3-9(11)13(14(17,18)19)10-4-2-8(21)6-12(10)16/h1-6,13H,20-21H2. The van der Waals surface area contributed by atoms with Crippen LogP contribution < -0.4 is 11.5 Å². The second-order valence-electron chi connectivity index (χ2n) is 4.54. The first-order chi connectivity index (χ1) is 9.70. The van der Waals surface area contributed by atoms with Crippen molar-refractivity contribution < 1.29 is 22.0 Å². The molecule has 0 aliphatic carbocycles. The fraction of sp³-hybridized carbons (Fsp3) is 0.143. The van der Waals surface area contributed by atoms with Crippen molar-refractivity contribution in [2.75, 3.05) is 11.5 Å². The van der Waals surface area contributed by atoms with Crippen LogP contribution in [0.3, 0.4) is 0 Å². The van der Waals surface area contributed by atoms with Crippen LogP contribution in [0.1, 0.15) is 17.0 Å². The average Bonchev–Trinajstić information content (AvgIpc) is 2.33. The summed E-state index contributed by atoms with van der Waals surface area (Å²) in [5.41, 5.74) is 9.20. The van der Waals surface area contributed by atoms with Gasteiger partial charge < -0.3 is 11.5 Å². The summed E-state index contributed by atoms with van der Waals surface area (Å²) < 4.78 is 67.4. The third kappa shape index (κ3) is 3.07. The topological polar surface area (TPSA) is 52.0 Å². The number of halogens is 5. The van der Waals surface area contributed by atoms with Gasteiger partial charge in [0.05, 0.1) is 0 Å². The number of hydrogen-bond acceptors (Lipinski definition) is 2. The van der Waals surface area contributed by atoms with Crippen molar-refractivity contribution in [3.05, 3.63) is 59.2 Å². The molecule has 2 aromatic rings. The molecule has 0 fully saturated rings. The highest BCUT2D eigenvalue weighted by molar-refractivity contribution is 5.47. The van der Waals surface area contributed by atoms with Crippen LogP contribution in [0.5, 0.6) is 0 Å². The molecule has 0 amide bonds. The van der Waals surface area contributed by atoms with E-state index in [-0.39, 0.29) is 11.4 Å². The lowest BCUT2D eigenvalue weighted by molar-refractivity contribution is -0.142. The molecular weight excluding hydrogens is 291 g/mol. The second-order valence-corrected chi connectivity index (χ2v) is 4.54. The Kier molecular flexibility index (Phi) is 3.76. The van der Waals surface area contributed by atoms with Gasteiger partial charge in [0.15, 0.2) is 0 Å². The van der Waals surface area contributed by atoms with Gasteiger partial charge >= 0.3 is 6.18 Å². The lowest BCUT2D eigenvalue weighted by Gasteiger charge is -2.22. The first kappa shape index (κ1) is 15.1. The first-order valence-corrected chi connectivity index (χ1v) is 5.86. The van der Waals surface area contributed by atoms with Crippen molar-refractivity contribution in [2.24, 2.45) is 0 Å². The van der Waals surface area contributed by atoms with Crippen molar-refractivity contribution >= 4 is 11.4 Å². The molecule has 0 bridgehead atoms. The number of anilines is 2. The number of rotatable bonds is 2. The summed E-state index contributed by atoms with van der Waals surface area (Å²) in [6.07, 6.45) is -4.87. The van der Waals surface area contributed by atoms with E-state index < -0.39 is 34.9 Å². The Bertz CT molecular complexity index is 615. The summed E-state index contributed by atoms with van der Waals surface area (Å²) in [4.78, 5) is 0. The Labute approximate surface area is 117 Å². The Hall–Kier alpha value is -2.31. The van der Waals surface area contributed by atoms with E-state index in [2.05, 4.69) is 0 Å². The summed E-state index contributed by atoms with van der Waals surface area (Å²) in [6.45, 7) is 0. The van der Waals surface area contributed by atoms with E-state index in [1.165, 1.54) is 0 Å². The Morgan fingerprint density at radius 1 is 0.762 bits per heavy atom. The minimum atomic E-state index is -4.87. The molecule has 0 saturated heterocycles. The maximum atomic E-state index is 13.8. The van der Waals surface area contributed by atoms with Crippen molar-refractivity contribution in [1.29, 1.82) is 0 Å². The molecule has 7 heteroatoms. The van der Waals surface area contributed by atoms with Gasteiger partial charge in [-0.15, -0.1) is 0 Å². The molecule has 0 radical (unpaired) electrons. The van der Waals surface area contributed by atoms with Gasteiger partial charge in [0.25, 0.3) is 0 Å². The van der Waals surface area contributed by atoms with Gasteiger partial charge in [0.1, 0.15) is 17.6 Å². The van der Waals surface area contributed by atoms with E-state index >= 15 is 0 Å². The van der Waals surface area contributed by atoms with Crippen LogP contribution in [0.25, 0.3) is 0 Å². The highest BCUT2D eigenvalue weighted by Gasteiger charge is 2.44. The van der Waals surface area contributed by atoms with Gasteiger partial charge in [-0.25, -0.2) is 8.78 Å². The zero-order valence-corrected chi connectivity index (χ0v) is 10.6. The summed E-state index contributed by atoms with van der Waals surface area (Å²) >= 11 is 0. The maximum absolute atomic E-state index is 13.8. The van der Waals surface area contributed by atoms with Crippen LogP contribution >= 0.6 is 0 Å². The molecule has 21 heavy (non-hydrogen) atoms. The molecule has 2 rings (SSSR count). The third-order valence-corrected chi connectivity index (χ3v) is 3.00. The molecule has 0 aromatic heterocycles. The molecule has 2 aromatic carbocycles. The van der Waals surface area contributed by atoms with Crippen molar-refractivity contribution in [1.82, 2.24) is 0 Å². The molecule has 0 heterocycles. The number of alkyl halides is 3. The van der Waals surface area contributed by atoms with Gasteiger partial charge in [-0.05, 0) is 24.3 Å². The van der Waals surface area contributed by atoms with Crippen LogP contribution in [0, 0.1) is 11.6 Å². The molecule has 4 N–H and O–H groups in total. The Morgan fingerprint density at radius 3 is 1.43 bits per heavy atom. The van der Waals surface area contributed by atoms with Gasteiger partial charge in [-0.1, -0.05) is 12.1 Å².